The molecule has 3 rings (SSSR count). The summed E-state index contributed by atoms with van der Waals surface area (Å²) < 4.78 is 1.77. The molecule has 0 aromatic carbocycles. The van der Waals surface area contributed by atoms with Gasteiger partial charge in [0.2, 0.25) is 0 Å². The standard InChI is InChI=1S/C13H14N4O2/c18-11-3-5-16(8-11)13(19)10-1-2-12(15-7-10)17-6-4-14-9-17/h1-2,4,6-7,9,11,18H,3,5,8H2/t11-/m1/s1. The molecule has 0 spiro atoms. The van der Waals surface area contributed by atoms with Gasteiger partial charge in [0, 0.05) is 31.7 Å². The first-order valence-electron chi connectivity index (χ1n) is 6.16. The highest BCUT2D eigenvalue weighted by atomic mass is 16.3. The number of rotatable bonds is 2. The van der Waals surface area contributed by atoms with Crippen LogP contribution in [0.3, 0.4) is 0 Å². The van der Waals surface area contributed by atoms with Crippen molar-refractivity contribution in [3.05, 3.63) is 42.6 Å². The summed E-state index contributed by atoms with van der Waals surface area (Å²) in [7, 11) is 0. The first-order valence-corrected chi connectivity index (χ1v) is 6.16. The van der Waals surface area contributed by atoms with E-state index >= 15 is 0 Å². The van der Waals surface area contributed by atoms with E-state index in [1.165, 1.54) is 0 Å². The maximum absolute atomic E-state index is 12.1. The minimum absolute atomic E-state index is 0.0822. The molecule has 2 aromatic rings. The van der Waals surface area contributed by atoms with Crippen molar-refractivity contribution < 1.29 is 9.90 Å². The van der Waals surface area contributed by atoms with E-state index in [1.807, 2.05) is 0 Å². The Hall–Kier alpha value is -2.21. The number of aromatic nitrogens is 3. The van der Waals surface area contributed by atoms with E-state index in [0.29, 0.717) is 25.1 Å². The molecular weight excluding hydrogens is 244 g/mol. The Labute approximate surface area is 110 Å². The Balaban J connectivity index is 1.77. The molecule has 98 valence electrons. The van der Waals surface area contributed by atoms with Gasteiger partial charge >= 0.3 is 0 Å². The van der Waals surface area contributed by atoms with E-state index in [2.05, 4.69) is 9.97 Å². The van der Waals surface area contributed by atoms with Gasteiger partial charge in [-0.1, -0.05) is 0 Å². The summed E-state index contributed by atoms with van der Waals surface area (Å²) in [4.78, 5) is 22.0. The largest absolute Gasteiger partial charge is 0.391 e. The van der Waals surface area contributed by atoms with Gasteiger partial charge in [-0.3, -0.25) is 9.36 Å². The van der Waals surface area contributed by atoms with Crippen molar-refractivity contribution in [1.82, 2.24) is 19.4 Å². The number of likely N-dealkylation sites (tertiary alicyclic amines) is 1. The molecule has 1 saturated heterocycles. The topological polar surface area (TPSA) is 71.2 Å². The van der Waals surface area contributed by atoms with Crippen molar-refractivity contribution in [2.75, 3.05) is 13.1 Å². The molecule has 0 aliphatic carbocycles. The van der Waals surface area contributed by atoms with Crippen LogP contribution in [0.25, 0.3) is 5.82 Å². The van der Waals surface area contributed by atoms with Crippen molar-refractivity contribution in [2.24, 2.45) is 0 Å². The predicted molar refractivity (Wildman–Crippen MR) is 67.9 cm³/mol. The lowest BCUT2D eigenvalue weighted by Gasteiger charge is -2.15. The van der Waals surface area contributed by atoms with Gasteiger partial charge in [-0.15, -0.1) is 0 Å². The fourth-order valence-electron chi connectivity index (χ4n) is 2.17. The van der Waals surface area contributed by atoms with Crippen LogP contribution in [-0.2, 0) is 0 Å². The quantitative estimate of drug-likeness (QED) is 0.850. The summed E-state index contributed by atoms with van der Waals surface area (Å²) in [5.74, 6) is 0.636. The number of aliphatic hydroxyl groups is 1. The van der Waals surface area contributed by atoms with E-state index in [0.717, 1.165) is 5.82 Å². The smallest absolute Gasteiger partial charge is 0.255 e. The number of hydrogen-bond acceptors (Lipinski definition) is 4. The van der Waals surface area contributed by atoms with Crippen LogP contribution in [-0.4, -0.2) is 49.6 Å². The molecule has 0 radical (unpaired) electrons. The van der Waals surface area contributed by atoms with E-state index in [-0.39, 0.29) is 5.91 Å². The fraction of sp³-hybridized carbons (Fsp3) is 0.308. The molecule has 0 bridgehead atoms. The lowest BCUT2D eigenvalue weighted by Crippen LogP contribution is -2.29. The summed E-state index contributed by atoms with van der Waals surface area (Å²) >= 11 is 0. The van der Waals surface area contributed by atoms with Crippen LogP contribution in [0.4, 0.5) is 0 Å². The maximum atomic E-state index is 12.1. The van der Waals surface area contributed by atoms with Crippen LogP contribution in [0.2, 0.25) is 0 Å². The fourth-order valence-corrected chi connectivity index (χ4v) is 2.17. The van der Waals surface area contributed by atoms with Gasteiger partial charge < -0.3 is 10.0 Å². The molecule has 2 aromatic heterocycles. The van der Waals surface area contributed by atoms with Crippen molar-refractivity contribution >= 4 is 5.91 Å². The summed E-state index contributed by atoms with van der Waals surface area (Å²) in [5, 5.41) is 9.44. The van der Waals surface area contributed by atoms with Gasteiger partial charge in [0.15, 0.2) is 0 Å². The molecule has 6 heteroatoms. The van der Waals surface area contributed by atoms with E-state index < -0.39 is 6.10 Å². The highest BCUT2D eigenvalue weighted by molar-refractivity contribution is 5.94. The highest BCUT2D eigenvalue weighted by Crippen LogP contribution is 2.14. The second kappa shape index (κ2) is 4.81. The summed E-state index contributed by atoms with van der Waals surface area (Å²) in [6.07, 6.45) is 6.92. The molecular formula is C13H14N4O2. The summed E-state index contributed by atoms with van der Waals surface area (Å²) in [6, 6.07) is 3.52. The number of carbonyl (C=O) groups excluding carboxylic acids is 1. The first kappa shape index (κ1) is 11.9. The minimum Gasteiger partial charge on any atom is -0.391 e. The molecule has 6 nitrogen and oxygen atoms in total. The molecule has 1 aliphatic heterocycles. The predicted octanol–water partition coefficient (Wildman–Crippen LogP) is 0.474. The van der Waals surface area contributed by atoms with Crippen molar-refractivity contribution in [3.63, 3.8) is 0 Å². The van der Waals surface area contributed by atoms with Crippen LogP contribution < -0.4 is 0 Å². The number of imidazole rings is 1. The van der Waals surface area contributed by atoms with Crippen LogP contribution in [0, 0.1) is 0 Å². The second-order valence-corrected chi connectivity index (χ2v) is 4.57. The zero-order valence-corrected chi connectivity index (χ0v) is 10.3. The number of pyridine rings is 1. The molecule has 0 saturated carbocycles. The summed E-state index contributed by atoms with van der Waals surface area (Å²) in [5.41, 5.74) is 0.540. The van der Waals surface area contributed by atoms with Gasteiger partial charge in [-0.25, -0.2) is 9.97 Å². The van der Waals surface area contributed by atoms with E-state index in [9.17, 15) is 9.90 Å². The number of aliphatic hydroxyl groups excluding tert-OH is 1. The van der Waals surface area contributed by atoms with Crippen molar-refractivity contribution in [1.29, 1.82) is 0 Å². The Morgan fingerprint density at radius 1 is 1.42 bits per heavy atom. The molecule has 3 heterocycles. The third kappa shape index (κ3) is 2.34. The maximum Gasteiger partial charge on any atom is 0.255 e. The summed E-state index contributed by atoms with van der Waals surface area (Å²) in [6.45, 7) is 1.01. The molecule has 0 unspecified atom stereocenters. The molecule has 19 heavy (non-hydrogen) atoms. The normalized spacial score (nSPS) is 18.8. The van der Waals surface area contributed by atoms with Crippen molar-refractivity contribution in [2.45, 2.75) is 12.5 Å². The van der Waals surface area contributed by atoms with Crippen molar-refractivity contribution in [3.8, 4) is 5.82 Å². The van der Waals surface area contributed by atoms with Gasteiger partial charge in [-0.2, -0.15) is 0 Å². The lowest BCUT2D eigenvalue weighted by atomic mass is 10.2. The SMILES string of the molecule is O=C(c1ccc(-n2ccnc2)nc1)N1CC[C@@H](O)C1. The van der Waals surface area contributed by atoms with Gasteiger partial charge in [0.05, 0.1) is 11.7 Å². The monoisotopic (exact) mass is 258 g/mol. The number of hydrogen-bond donors (Lipinski definition) is 1. The molecule has 1 N–H and O–H groups in total. The lowest BCUT2D eigenvalue weighted by molar-refractivity contribution is 0.0764. The van der Waals surface area contributed by atoms with Gasteiger partial charge in [-0.05, 0) is 18.6 Å². The van der Waals surface area contributed by atoms with E-state index in [4.69, 9.17) is 0 Å². The number of nitrogens with zero attached hydrogens (tertiary/aromatic N) is 4. The number of amides is 1. The average Bonchev–Trinajstić information content (AvgIpc) is 3.09. The number of carbonyl (C=O) groups is 1. The Morgan fingerprint density at radius 3 is 2.89 bits per heavy atom. The zero-order chi connectivity index (χ0) is 13.2. The minimum atomic E-state index is -0.401. The number of β-amino-alcohol motifs (C(OH)–C–C–N with tert-alkyl or cyclic N) is 1. The third-order valence-electron chi connectivity index (χ3n) is 3.21. The first-order chi connectivity index (χ1) is 9.24. The van der Waals surface area contributed by atoms with Crippen LogP contribution in [0.1, 0.15) is 16.8 Å². The highest BCUT2D eigenvalue weighted by Gasteiger charge is 2.25. The zero-order valence-electron chi connectivity index (χ0n) is 10.3. The Kier molecular flexibility index (Phi) is 3.00. The van der Waals surface area contributed by atoms with E-state index in [1.54, 1.807) is 46.5 Å². The molecule has 1 amide bonds. The van der Waals surface area contributed by atoms with Gasteiger partial charge in [0.1, 0.15) is 12.1 Å². The average molecular weight is 258 g/mol. The van der Waals surface area contributed by atoms with Crippen LogP contribution >= 0.6 is 0 Å². The molecule has 1 fully saturated rings. The molecule has 1 atom stereocenters. The van der Waals surface area contributed by atoms with Crippen LogP contribution in [0.15, 0.2) is 37.1 Å². The second-order valence-electron chi connectivity index (χ2n) is 4.57. The van der Waals surface area contributed by atoms with Crippen LogP contribution in [0.5, 0.6) is 0 Å². The molecule has 1 aliphatic rings. The van der Waals surface area contributed by atoms with Gasteiger partial charge in [0.25, 0.3) is 5.91 Å². The Morgan fingerprint density at radius 2 is 2.32 bits per heavy atom. The third-order valence-corrected chi connectivity index (χ3v) is 3.21. The Bertz CT molecular complexity index is 565.